The minimum absolute atomic E-state index is 0.825. The predicted molar refractivity (Wildman–Crippen MR) is 72.1 cm³/mol. The van der Waals surface area contributed by atoms with E-state index in [1.165, 1.54) is 0 Å². The molecule has 1 N–H and O–H groups in total. The molecule has 0 bridgehead atoms. The van der Waals surface area contributed by atoms with E-state index < -0.39 is 0 Å². The van der Waals surface area contributed by atoms with Crippen molar-refractivity contribution in [3.63, 3.8) is 0 Å². The van der Waals surface area contributed by atoms with Crippen LogP contribution < -0.4 is 5.32 Å². The molecule has 90 valence electrons. The lowest BCUT2D eigenvalue weighted by molar-refractivity contribution is 0.742. The van der Waals surface area contributed by atoms with Gasteiger partial charge in [0.2, 0.25) is 0 Å². The van der Waals surface area contributed by atoms with Crippen molar-refractivity contribution in [1.29, 1.82) is 0 Å². The second-order valence-electron chi connectivity index (χ2n) is 4.00. The summed E-state index contributed by atoms with van der Waals surface area (Å²) >= 11 is 3.49. The third-order valence-electron chi connectivity index (χ3n) is 2.42. The lowest BCUT2D eigenvalue weighted by atomic mass is 10.3. The van der Waals surface area contributed by atoms with E-state index in [0.29, 0.717) is 0 Å². The Morgan fingerprint density at radius 1 is 1.47 bits per heavy atom. The summed E-state index contributed by atoms with van der Waals surface area (Å²) in [6, 6.07) is 4.08. The smallest absolute Gasteiger partial charge is 0.140 e. The number of halogens is 1. The maximum atomic E-state index is 4.33. The van der Waals surface area contributed by atoms with Gasteiger partial charge in [-0.05, 0) is 40.5 Å². The first-order chi connectivity index (χ1) is 8.15. The molecule has 0 saturated heterocycles. The highest BCUT2D eigenvalue weighted by Gasteiger charge is 2.02. The van der Waals surface area contributed by atoms with Gasteiger partial charge in [0.15, 0.2) is 0 Å². The molecule has 4 nitrogen and oxygen atoms in total. The number of anilines is 1. The summed E-state index contributed by atoms with van der Waals surface area (Å²) in [5.74, 6) is 0.881. The van der Waals surface area contributed by atoms with Crippen LogP contribution >= 0.6 is 15.9 Å². The van der Waals surface area contributed by atoms with E-state index in [9.17, 15) is 0 Å². The van der Waals surface area contributed by atoms with Gasteiger partial charge in [0.1, 0.15) is 5.82 Å². The minimum Gasteiger partial charge on any atom is -0.369 e. The van der Waals surface area contributed by atoms with Gasteiger partial charge in [-0.1, -0.05) is 0 Å². The van der Waals surface area contributed by atoms with Crippen LogP contribution in [0.2, 0.25) is 0 Å². The number of pyridine rings is 1. The quantitative estimate of drug-likeness (QED) is 0.942. The van der Waals surface area contributed by atoms with Crippen LogP contribution in [0.4, 0.5) is 5.82 Å². The van der Waals surface area contributed by atoms with Gasteiger partial charge in [-0.15, -0.1) is 0 Å². The van der Waals surface area contributed by atoms with Crippen LogP contribution in [0.1, 0.15) is 11.3 Å². The molecule has 2 heterocycles. The van der Waals surface area contributed by atoms with Crippen LogP contribution in [0.25, 0.3) is 0 Å². The Bertz CT molecular complexity index is 507. The molecule has 0 aromatic carbocycles. The highest BCUT2D eigenvalue weighted by Crippen LogP contribution is 2.20. The molecule has 0 atom stereocenters. The fourth-order valence-corrected chi connectivity index (χ4v) is 2.17. The van der Waals surface area contributed by atoms with Crippen LogP contribution in [0.5, 0.6) is 0 Å². The van der Waals surface area contributed by atoms with Gasteiger partial charge in [0, 0.05) is 32.4 Å². The second kappa shape index (κ2) is 5.31. The number of aromatic nitrogens is 3. The van der Waals surface area contributed by atoms with E-state index in [4.69, 9.17) is 0 Å². The molecule has 2 aromatic heterocycles. The van der Waals surface area contributed by atoms with Crippen LogP contribution in [0.3, 0.4) is 0 Å². The van der Waals surface area contributed by atoms with E-state index >= 15 is 0 Å². The Balaban J connectivity index is 1.90. The predicted octanol–water partition coefficient (Wildman–Crippen LogP) is 2.54. The molecular formula is C12H15BrN4. The Morgan fingerprint density at radius 2 is 2.29 bits per heavy atom. The van der Waals surface area contributed by atoms with E-state index in [2.05, 4.69) is 37.4 Å². The van der Waals surface area contributed by atoms with E-state index in [-0.39, 0.29) is 0 Å². The number of hydrogen-bond acceptors (Lipinski definition) is 3. The normalized spacial score (nSPS) is 10.5. The number of aryl methyl sites for hydroxylation is 2. The SMILES string of the molecule is Cc1cnc(NCCc2ccn(C)n2)c(Br)c1. The Morgan fingerprint density at radius 3 is 2.94 bits per heavy atom. The van der Waals surface area contributed by atoms with Crippen LogP contribution in [0, 0.1) is 6.92 Å². The van der Waals surface area contributed by atoms with Crippen molar-refractivity contribution in [3.8, 4) is 0 Å². The molecule has 0 aliphatic rings. The molecule has 0 fully saturated rings. The zero-order chi connectivity index (χ0) is 12.3. The topological polar surface area (TPSA) is 42.7 Å². The van der Waals surface area contributed by atoms with Crippen molar-refractivity contribution in [2.75, 3.05) is 11.9 Å². The molecule has 5 heteroatoms. The monoisotopic (exact) mass is 294 g/mol. The van der Waals surface area contributed by atoms with Crippen LogP contribution in [0.15, 0.2) is 29.0 Å². The lowest BCUT2D eigenvalue weighted by Gasteiger charge is -2.06. The molecule has 0 amide bonds. The van der Waals surface area contributed by atoms with Gasteiger partial charge < -0.3 is 5.32 Å². The fraction of sp³-hybridized carbons (Fsp3) is 0.333. The maximum Gasteiger partial charge on any atom is 0.140 e. The molecule has 2 rings (SSSR count). The molecular weight excluding hydrogens is 280 g/mol. The minimum atomic E-state index is 0.825. The molecule has 17 heavy (non-hydrogen) atoms. The first-order valence-electron chi connectivity index (χ1n) is 5.49. The summed E-state index contributed by atoms with van der Waals surface area (Å²) in [4.78, 5) is 4.33. The Hall–Kier alpha value is -1.36. The van der Waals surface area contributed by atoms with Gasteiger partial charge in [-0.3, -0.25) is 4.68 Å². The summed E-state index contributed by atoms with van der Waals surface area (Å²) in [6.07, 6.45) is 4.70. The van der Waals surface area contributed by atoms with E-state index in [0.717, 1.165) is 34.5 Å². The summed E-state index contributed by atoms with van der Waals surface area (Å²) in [6.45, 7) is 2.85. The molecule has 0 spiro atoms. The summed E-state index contributed by atoms with van der Waals surface area (Å²) in [5.41, 5.74) is 2.23. The molecule has 0 saturated carbocycles. The van der Waals surface area contributed by atoms with Gasteiger partial charge >= 0.3 is 0 Å². The van der Waals surface area contributed by atoms with E-state index in [1.54, 1.807) is 0 Å². The van der Waals surface area contributed by atoms with Crippen molar-refractivity contribution in [2.45, 2.75) is 13.3 Å². The van der Waals surface area contributed by atoms with Gasteiger partial charge in [0.05, 0.1) is 10.2 Å². The molecule has 0 unspecified atom stereocenters. The van der Waals surface area contributed by atoms with Gasteiger partial charge in [-0.25, -0.2) is 4.98 Å². The fourth-order valence-electron chi connectivity index (χ4n) is 1.57. The highest BCUT2D eigenvalue weighted by molar-refractivity contribution is 9.10. The standard InChI is InChI=1S/C12H15BrN4/c1-9-7-11(13)12(15-8-9)14-5-3-10-4-6-17(2)16-10/h4,6-8H,3,5H2,1-2H3,(H,14,15). The number of hydrogen-bond donors (Lipinski definition) is 1. The van der Waals surface area contributed by atoms with Crippen molar-refractivity contribution in [3.05, 3.63) is 40.3 Å². The zero-order valence-corrected chi connectivity index (χ0v) is 11.5. The number of rotatable bonds is 4. The molecule has 0 aliphatic heterocycles. The van der Waals surface area contributed by atoms with Crippen LogP contribution in [-0.4, -0.2) is 21.3 Å². The largest absolute Gasteiger partial charge is 0.369 e. The van der Waals surface area contributed by atoms with Gasteiger partial charge in [-0.2, -0.15) is 5.10 Å². The first-order valence-corrected chi connectivity index (χ1v) is 6.29. The third kappa shape index (κ3) is 3.30. The number of nitrogens with zero attached hydrogens (tertiary/aromatic N) is 3. The van der Waals surface area contributed by atoms with Crippen molar-refractivity contribution in [2.24, 2.45) is 7.05 Å². The summed E-state index contributed by atoms with van der Waals surface area (Å²) in [5, 5.41) is 7.61. The van der Waals surface area contributed by atoms with E-state index in [1.807, 2.05) is 37.1 Å². The zero-order valence-electron chi connectivity index (χ0n) is 9.94. The first kappa shape index (κ1) is 12.1. The van der Waals surface area contributed by atoms with Crippen molar-refractivity contribution < 1.29 is 0 Å². The molecule has 0 aliphatic carbocycles. The third-order valence-corrected chi connectivity index (χ3v) is 3.02. The average Bonchev–Trinajstić information content (AvgIpc) is 2.68. The number of nitrogens with one attached hydrogen (secondary N) is 1. The van der Waals surface area contributed by atoms with Crippen molar-refractivity contribution in [1.82, 2.24) is 14.8 Å². The molecule has 0 radical (unpaired) electrons. The summed E-state index contributed by atoms with van der Waals surface area (Å²) < 4.78 is 2.81. The Kier molecular flexibility index (Phi) is 3.78. The average molecular weight is 295 g/mol. The molecule has 2 aromatic rings. The summed E-state index contributed by atoms with van der Waals surface area (Å²) in [7, 11) is 1.93. The lowest BCUT2D eigenvalue weighted by Crippen LogP contribution is -2.07. The van der Waals surface area contributed by atoms with Gasteiger partial charge in [0.25, 0.3) is 0 Å². The van der Waals surface area contributed by atoms with Crippen molar-refractivity contribution >= 4 is 21.7 Å². The highest BCUT2D eigenvalue weighted by atomic mass is 79.9. The maximum absolute atomic E-state index is 4.33. The second-order valence-corrected chi connectivity index (χ2v) is 4.85. The Labute approximate surface area is 109 Å². The van der Waals surface area contributed by atoms with Crippen LogP contribution in [-0.2, 0) is 13.5 Å².